The number of carbonyl (C=O) groups excluding carboxylic acids is 1. The number of carbonyl (C=O) groups is 1. The quantitative estimate of drug-likeness (QED) is 0.758. The molecule has 1 unspecified atom stereocenters. The molecule has 0 radical (unpaired) electrons. The number of benzene rings is 2. The van der Waals surface area contributed by atoms with Crippen molar-refractivity contribution in [3.63, 3.8) is 0 Å². The molecular formula is C21H27NO3. The maximum absolute atomic E-state index is 12.3. The molecule has 2 aromatic rings. The van der Waals surface area contributed by atoms with Gasteiger partial charge in [0, 0.05) is 25.4 Å². The molecule has 2 rings (SSSR count). The molecule has 0 fully saturated rings. The number of ether oxygens (including phenoxy) is 1. The van der Waals surface area contributed by atoms with E-state index in [2.05, 4.69) is 0 Å². The lowest BCUT2D eigenvalue weighted by Crippen LogP contribution is -2.32. The van der Waals surface area contributed by atoms with Gasteiger partial charge in [0.15, 0.2) is 0 Å². The molecule has 0 spiro atoms. The molecule has 0 saturated heterocycles. The SMILES string of the molecule is CCN(CC)C(=O)CC(CO)c1cccc(OCc2ccccc2)c1. The van der Waals surface area contributed by atoms with Crippen molar-refractivity contribution >= 4 is 5.91 Å². The second kappa shape index (κ2) is 9.84. The van der Waals surface area contributed by atoms with E-state index in [1.807, 2.05) is 68.4 Å². The molecule has 0 heterocycles. The Labute approximate surface area is 150 Å². The summed E-state index contributed by atoms with van der Waals surface area (Å²) in [6.45, 7) is 5.74. The van der Waals surface area contributed by atoms with Gasteiger partial charge in [0.05, 0.1) is 6.61 Å². The summed E-state index contributed by atoms with van der Waals surface area (Å²) in [5.41, 5.74) is 2.02. The molecular weight excluding hydrogens is 314 g/mol. The van der Waals surface area contributed by atoms with Crippen LogP contribution in [0.2, 0.25) is 0 Å². The fraction of sp³-hybridized carbons (Fsp3) is 0.381. The fourth-order valence-corrected chi connectivity index (χ4v) is 2.80. The summed E-state index contributed by atoms with van der Waals surface area (Å²) in [5.74, 6) is 0.600. The maximum atomic E-state index is 12.3. The third-order valence-corrected chi connectivity index (χ3v) is 4.34. The largest absolute Gasteiger partial charge is 0.489 e. The highest BCUT2D eigenvalue weighted by atomic mass is 16.5. The van der Waals surface area contributed by atoms with Crippen LogP contribution in [0.3, 0.4) is 0 Å². The first-order chi connectivity index (χ1) is 12.2. The van der Waals surface area contributed by atoms with Crippen LogP contribution < -0.4 is 4.74 Å². The predicted molar refractivity (Wildman–Crippen MR) is 99.6 cm³/mol. The van der Waals surface area contributed by atoms with Gasteiger partial charge in [-0.1, -0.05) is 42.5 Å². The minimum atomic E-state index is -0.214. The Morgan fingerprint density at radius 3 is 2.44 bits per heavy atom. The highest BCUT2D eigenvalue weighted by molar-refractivity contribution is 5.77. The summed E-state index contributed by atoms with van der Waals surface area (Å²) >= 11 is 0. The van der Waals surface area contributed by atoms with Gasteiger partial charge in [-0.15, -0.1) is 0 Å². The molecule has 1 amide bonds. The maximum Gasteiger partial charge on any atom is 0.223 e. The van der Waals surface area contributed by atoms with Crippen molar-refractivity contribution < 1.29 is 14.6 Å². The molecule has 134 valence electrons. The number of hydrogen-bond acceptors (Lipinski definition) is 3. The molecule has 0 aliphatic rings. The van der Waals surface area contributed by atoms with Crippen LogP contribution in [0.4, 0.5) is 0 Å². The van der Waals surface area contributed by atoms with Crippen LogP contribution >= 0.6 is 0 Å². The third kappa shape index (κ3) is 5.61. The molecule has 0 aromatic heterocycles. The van der Waals surface area contributed by atoms with E-state index in [1.165, 1.54) is 0 Å². The Balaban J connectivity index is 2.03. The monoisotopic (exact) mass is 341 g/mol. The zero-order valence-corrected chi connectivity index (χ0v) is 15.0. The van der Waals surface area contributed by atoms with Gasteiger partial charge < -0.3 is 14.7 Å². The van der Waals surface area contributed by atoms with Gasteiger partial charge in [0.1, 0.15) is 12.4 Å². The minimum Gasteiger partial charge on any atom is -0.489 e. The van der Waals surface area contributed by atoms with E-state index in [1.54, 1.807) is 4.90 Å². The summed E-state index contributed by atoms with van der Waals surface area (Å²) in [6, 6.07) is 17.6. The van der Waals surface area contributed by atoms with Crippen molar-refractivity contribution in [2.45, 2.75) is 32.8 Å². The van der Waals surface area contributed by atoms with Gasteiger partial charge in [-0.2, -0.15) is 0 Å². The van der Waals surface area contributed by atoms with Gasteiger partial charge in [0.25, 0.3) is 0 Å². The summed E-state index contributed by atoms with van der Waals surface area (Å²) in [7, 11) is 0. The van der Waals surface area contributed by atoms with Gasteiger partial charge in [0.2, 0.25) is 5.91 Å². The van der Waals surface area contributed by atoms with Gasteiger partial charge in [-0.3, -0.25) is 4.79 Å². The van der Waals surface area contributed by atoms with Crippen LogP contribution in [0, 0.1) is 0 Å². The Kier molecular flexibility index (Phi) is 7.48. The highest BCUT2D eigenvalue weighted by Gasteiger charge is 2.19. The first kappa shape index (κ1) is 19.0. The highest BCUT2D eigenvalue weighted by Crippen LogP contribution is 2.25. The van der Waals surface area contributed by atoms with E-state index >= 15 is 0 Å². The molecule has 1 N–H and O–H groups in total. The number of aliphatic hydroxyl groups excluding tert-OH is 1. The van der Waals surface area contributed by atoms with Crippen molar-refractivity contribution in [2.75, 3.05) is 19.7 Å². The lowest BCUT2D eigenvalue weighted by atomic mass is 9.95. The first-order valence-electron chi connectivity index (χ1n) is 8.83. The number of nitrogens with zero attached hydrogens (tertiary/aromatic N) is 1. The average Bonchev–Trinajstić information content (AvgIpc) is 2.66. The Bertz CT molecular complexity index is 653. The van der Waals surface area contributed by atoms with E-state index < -0.39 is 0 Å². The minimum absolute atomic E-state index is 0.0604. The molecule has 25 heavy (non-hydrogen) atoms. The van der Waals surface area contributed by atoms with Crippen molar-refractivity contribution in [2.24, 2.45) is 0 Å². The topological polar surface area (TPSA) is 49.8 Å². The molecule has 4 nitrogen and oxygen atoms in total. The average molecular weight is 341 g/mol. The third-order valence-electron chi connectivity index (χ3n) is 4.34. The van der Waals surface area contributed by atoms with E-state index in [-0.39, 0.29) is 18.4 Å². The van der Waals surface area contributed by atoms with Crippen LogP contribution in [0.5, 0.6) is 5.75 Å². The summed E-state index contributed by atoms with van der Waals surface area (Å²) in [4.78, 5) is 14.1. The van der Waals surface area contributed by atoms with E-state index in [0.29, 0.717) is 26.1 Å². The number of rotatable bonds is 9. The fourth-order valence-electron chi connectivity index (χ4n) is 2.80. The molecule has 0 aliphatic heterocycles. The molecule has 4 heteroatoms. The molecule has 0 bridgehead atoms. The smallest absolute Gasteiger partial charge is 0.223 e. The number of amides is 1. The standard InChI is InChI=1S/C21H27NO3/c1-3-22(4-2)21(24)14-19(15-23)18-11-8-12-20(13-18)25-16-17-9-6-5-7-10-17/h5-13,19,23H,3-4,14-16H2,1-2H3. The van der Waals surface area contributed by atoms with Crippen molar-refractivity contribution in [1.82, 2.24) is 4.90 Å². The summed E-state index contributed by atoms with van der Waals surface area (Å²) in [5, 5.41) is 9.74. The van der Waals surface area contributed by atoms with Crippen molar-refractivity contribution in [1.29, 1.82) is 0 Å². The number of hydrogen-bond donors (Lipinski definition) is 1. The summed E-state index contributed by atoms with van der Waals surface area (Å²) < 4.78 is 5.85. The first-order valence-corrected chi connectivity index (χ1v) is 8.83. The second-order valence-corrected chi connectivity index (χ2v) is 6.00. The Morgan fingerprint density at radius 2 is 1.80 bits per heavy atom. The zero-order chi connectivity index (χ0) is 18.1. The van der Waals surface area contributed by atoms with Gasteiger partial charge >= 0.3 is 0 Å². The normalized spacial score (nSPS) is 11.8. The summed E-state index contributed by atoms with van der Waals surface area (Å²) in [6.07, 6.45) is 0.306. The van der Waals surface area contributed by atoms with Crippen molar-refractivity contribution in [3.8, 4) is 5.75 Å². The number of aliphatic hydroxyl groups is 1. The predicted octanol–water partition coefficient (Wildman–Crippen LogP) is 3.60. The van der Waals surface area contributed by atoms with Crippen LogP contribution in [-0.2, 0) is 11.4 Å². The Morgan fingerprint density at radius 1 is 1.08 bits per heavy atom. The van der Waals surface area contributed by atoms with Crippen LogP contribution in [0.1, 0.15) is 37.3 Å². The van der Waals surface area contributed by atoms with E-state index in [0.717, 1.165) is 16.9 Å². The lowest BCUT2D eigenvalue weighted by Gasteiger charge is -2.22. The van der Waals surface area contributed by atoms with Crippen LogP contribution in [0.25, 0.3) is 0 Å². The molecule has 0 saturated carbocycles. The van der Waals surface area contributed by atoms with Crippen LogP contribution in [0.15, 0.2) is 54.6 Å². The second-order valence-electron chi connectivity index (χ2n) is 6.00. The van der Waals surface area contributed by atoms with Gasteiger partial charge in [-0.25, -0.2) is 0 Å². The molecule has 0 aliphatic carbocycles. The van der Waals surface area contributed by atoms with Crippen molar-refractivity contribution in [3.05, 3.63) is 65.7 Å². The van der Waals surface area contributed by atoms with Gasteiger partial charge in [-0.05, 0) is 37.1 Å². The molecule has 2 aromatic carbocycles. The van der Waals surface area contributed by atoms with E-state index in [4.69, 9.17) is 4.74 Å². The molecule has 1 atom stereocenters. The zero-order valence-electron chi connectivity index (χ0n) is 15.0. The van der Waals surface area contributed by atoms with E-state index in [9.17, 15) is 9.90 Å². The lowest BCUT2D eigenvalue weighted by molar-refractivity contribution is -0.131. The van der Waals surface area contributed by atoms with Crippen LogP contribution in [-0.4, -0.2) is 35.6 Å². The Hall–Kier alpha value is -2.33.